The van der Waals surface area contributed by atoms with E-state index >= 15 is 0 Å². The van der Waals surface area contributed by atoms with Crippen molar-refractivity contribution in [3.63, 3.8) is 0 Å². The van der Waals surface area contributed by atoms with Gasteiger partial charge in [-0.15, -0.1) is 0 Å². The van der Waals surface area contributed by atoms with Gasteiger partial charge in [0.1, 0.15) is 11.9 Å². The number of aromatic nitrogens is 1. The molecule has 21 heavy (non-hydrogen) atoms. The van der Waals surface area contributed by atoms with E-state index in [2.05, 4.69) is 10.3 Å². The monoisotopic (exact) mass is 307 g/mol. The predicted molar refractivity (Wildman–Crippen MR) is 80.0 cm³/mol. The highest BCUT2D eigenvalue weighted by Gasteiger charge is 2.42. The van der Waals surface area contributed by atoms with E-state index in [9.17, 15) is 9.59 Å². The van der Waals surface area contributed by atoms with Gasteiger partial charge in [-0.1, -0.05) is 30.9 Å². The number of anilines is 1. The molecule has 0 bridgehead atoms. The van der Waals surface area contributed by atoms with Crippen LogP contribution in [0, 0.1) is 0 Å². The smallest absolute Gasteiger partial charge is 0.252 e. The van der Waals surface area contributed by atoms with Crippen molar-refractivity contribution in [2.75, 3.05) is 5.32 Å². The molecular weight excluding hydrogens is 290 g/mol. The van der Waals surface area contributed by atoms with Crippen LogP contribution in [-0.4, -0.2) is 33.8 Å². The molecular formula is C15H18ClN3O2. The summed E-state index contributed by atoms with van der Waals surface area (Å²) in [6.07, 6.45) is 6.98. The molecule has 1 aliphatic heterocycles. The second kappa shape index (κ2) is 6.02. The van der Waals surface area contributed by atoms with Crippen LogP contribution < -0.4 is 5.32 Å². The van der Waals surface area contributed by atoms with Gasteiger partial charge >= 0.3 is 0 Å². The lowest BCUT2D eigenvalue weighted by atomic mass is 9.94. The second-order valence-corrected chi connectivity index (χ2v) is 6.09. The van der Waals surface area contributed by atoms with Gasteiger partial charge < -0.3 is 5.32 Å². The number of hydrogen-bond donors (Lipinski definition) is 1. The normalized spacial score (nSPS) is 23.7. The zero-order valence-corrected chi connectivity index (χ0v) is 12.5. The summed E-state index contributed by atoms with van der Waals surface area (Å²) in [7, 11) is 0. The summed E-state index contributed by atoms with van der Waals surface area (Å²) in [6, 6.07) is 3.00. The Morgan fingerprint density at radius 3 is 2.62 bits per heavy atom. The Bertz CT molecular complexity index is 540. The summed E-state index contributed by atoms with van der Waals surface area (Å²) < 4.78 is 0. The van der Waals surface area contributed by atoms with Crippen molar-refractivity contribution in [3.05, 3.63) is 23.4 Å². The average molecular weight is 308 g/mol. The first-order valence-corrected chi connectivity index (χ1v) is 7.77. The second-order valence-electron chi connectivity index (χ2n) is 5.66. The molecule has 1 atom stereocenters. The summed E-state index contributed by atoms with van der Waals surface area (Å²) in [5.74, 6) is 0.373. The Morgan fingerprint density at radius 2 is 1.95 bits per heavy atom. The van der Waals surface area contributed by atoms with Crippen LogP contribution in [0.5, 0.6) is 0 Å². The number of likely N-dealkylation sites (tertiary alicyclic amines) is 1. The van der Waals surface area contributed by atoms with Crippen molar-refractivity contribution in [2.24, 2.45) is 0 Å². The maximum atomic E-state index is 12.5. The van der Waals surface area contributed by atoms with Gasteiger partial charge in [0.05, 0.1) is 11.4 Å². The Morgan fingerprint density at radius 1 is 1.19 bits per heavy atom. The van der Waals surface area contributed by atoms with Crippen LogP contribution in [0.1, 0.15) is 38.5 Å². The number of amides is 2. The minimum atomic E-state index is -0.506. The fourth-order valence-corrected chi connectivity index (χ4v) is 3.24. The largest absolute Gasteiger partial charge is 0.358 e. The van der Waals surface area contributed by atoms with Crippen LogP contribution in [0.4, 0.5) is 5.82 Å². The summed E-state index contributed by atoms with van der Waals surface area (Å²) in [5, 5.41) is 3.58. The van der Waals surface area contributed by atoms with Crippen molar-refractivity contribution in [2.45, 2.75) is 50.6 Å². The lowest BCUT2D eigenvalue weighted by molar-refractivity contribution is -0.141. The Labute approximate surface area is 128 Å². The van der Waals surface area contributed by atoms with Crippen molar-refractivity contribution in [1.29, 1.82) is 0 Å². The maximum absolute atomic E-state index is 12.5. The number of pyridine rings is 1. The van der Waals surface area contributed by atoms with E-state index in [1.807, 2.05) is 0 Å². The van der Waals surface area contributed by atoms with Crippen LogP contribution in [0.2, 0.25) is 5.02 Å². The van der Waals surface area contributed by atoms with E-state index in [1.165, 1.54) is 17.5 Å². The van der Waals surface area contributed by atoms with Gasteiger partial charge in [-0.3, -0.25) is 14.5 Å². The molecule has 3 rings (SSSR count). The fraction of sp³-hybridized carbons (Fsp3) is 0.533. The summed E-state index contributed by atoms with van der Waals surface area (Å²) in [4.78, 5) is 30.2. The topological polar surface area (TPSA) is 62.3 Å². The lowest BCUT2D eigenvalue weighted by Gasteiger charge is -2.29. The van der Waals surface area contributed by atoms with Crippen LogP contribution in [0.15, 0.2) is 18.3 Å². The highest BCUT2D eigenvalue weighted by Crippen LogP contribution is 2.28. The van der Waals surface area contributed by atoms with Gasteiger partial charge in [-0.2, -0.15) is 0 Å². The first kappa shape index (κ1) is 14.3. The number of carbonyl (C=O) groups is 2. The molecule has 2 fully saturated rings. The number of carbonyl (C=O) groups excluding carboxylic acids is 2. The van der Waals surface area contributed by atoms with Crippen molar-refractivity contribution >= 4 is 29.2 Å². The predicted octanol–water partition coefficient (Wildman–Crippen LogP) is 2.61. The van der Waals surface area contributed by atoms with E-state index in [1.54, 1.807) is 12.1 Å². The minimum absolute atomic E-state index is 0.0710. The van der Waals surface area contributed by atoms with Crippen molar-refractivity contribution in [1.82, 2.24) is 9.88 Å². The molecule has 2 amide bonds. The van der Waals surface area contributed by atoms with Gasteiger partial charge in [-0.25, -0.2) is 4.98 Å². The molecule has 1 aromatic heterocycles. The van der Waals surface area contributed by atoms with Gasteiger partial charge in [0.15, 0.2) is 0 Å². The quantitative estimate of drug-likeness (QED) is 0.872. The molecule has 1 aromatic rings. The summed E-state index contributed by atoms with van der Waals surface area (Å²) in [6.45, 7) is 0. The first-order valence-electron chi connectivity index (χ1n) is 7.39. The standard InChI is InChI=1S/C15H18ClN3O2/c16-10-6-7-13(17-9-10)18-12-8-14(20)19(15(12)21)11-4-2-1-3-5-11/h6-7,9,11-12H,1-5,8H2,(H,17,18). The van der Waals surface area contributed by atoms with Gasteiger partial charge in [0.2, 0.25) is 5.91 Å². The van der Waals surface area contributed by atoms with Gasteiger partial charge in [-0.05, 0) is 25.0 Å². The Kier molecular flexibility index (Phi) is 4.10. The number of rotatable bonds is 3. The van der Waals surface area contributed by atoms with Crippen LogP contribution >= 0.6 is 11.6 Å². The van der Waals surface area contributed by atoms with Crippen LogP contribution in [0.3, 0.4) is 0 Å². The highest BCUT2D eigenvalue weighted by atomic mass is 35.5. The van der Waals surface area contributed by atoms with Crippen molar-refractivity contribution < 1.29 is 9.59 Å². The van der Waals surface area contributed by atoms with E-state index in [-0.39, 0.29) is 24.3 Å². The highest BCUT2D eigenvalue weighted by molar-refractivity contribution is 6.30. The Hall–Kier alpha value is -1.62. The number of nitrogens with one attached hydrogen (secondary N) is 1. The molecule has 1 saturated carbocycles. The fourth-order valence-electron chi connectivity index (χ4n) is 3.13. The Balaban J connectivity index is 1.69. The zero-order chi connectivity index (χ0) is 14.8. The molecule has 0 spiro atoms. The molecule has 1 N–H and O–H groups in total. The molecule has 112 valence electrons. The van der Waals surface area contributed by atoms with Gasteiger partial charge in [0, 0.05) is 12.2 Å². The summed E-state index contributed by atoms with van der Waals surface area (Å²) >= 11 is 5.79. The number of hydrogen-bond acceptors (Lipinski definition) is 4. The van der Waals surface area contributed by atoms with Crippen LogP contribution in [-0.2, 0) is 9.59 Å². The van der Waals surface area contributed by atoms with E-state index < -0.39 is 6.04 Å². The molecule has 2 heterocycles. The lowest BCUT2D eigenvalue weighted by Crippen LogP contribution is -2.43. The SMILES string of the molecule is O=C1CC(Nc2ccc(Cl)cn2)C(=O)N1C1CCCCC1. The molecule has 1 saturated heterocycles. The van der Waals surface area contributed by atoms with E-state index in [0.29, 0.717) is 10.8 Å². The number of nitrogens with zero attached hydrogens (tertiary/aromatic N) is 2. The van der Waals surface area contributed by atoms with Crippen molar-refractivity contribution in [3.8, 4) is 0 Å². The van der Waals surface area contributed by atoms with Crippen LogP contribution in [0.25, 0.3) is 0 Å². The van der Waals surface area contributed by atoms with Gasteiger partial charge in [0.25, 0.3) is 5.91 Å². The molecule has 2 aliphatic rings. The minimum Gasteiger partial charge on any atom is -0.358 e. The molecule has 5 nitrogen and oxygen atoms in total. The molecule has 6 heteroatoms. The number of imide groups is 1. The maximum Gasteiger partial charge on any atom is 0.252 e. The molecule has 1 unspecified atom stereocenters. The number of halogens is 1. The first-order chi connectivity index (χ1) is 10.1. The average Bonchev–Trinajstić information content (AvgIpc) is 2.77. The van der Waals surface area contributed by atoms with E-state index in [0.717, 1.165) is 25.7 Å². The zero-order valence-electron chi connectivity index (χ0n) is 11.7. The molecule has 0 aromatic carbocycles. The summed E-state index contributed by atoms with van der Waals surface area (Å²) in [5.41, 5.74) is 0. The third-order valence-corrected chi connectivity index (χ3v) is 4.40. The third kappa shape index (κ3) is 3.02. The molecule has 1 aliphatic carbocycles. The van der Waals surface area contributed by atoms with E-state index in [4.69, 9.17) is 11.6 Å². The molecule has 0 radical (unpaired) electrons. The third-order valence-electron chi connectivity index (χ3n) is 4.17.